The average Bonchev–Trinajstić information content (AvgIpc) is 3.16. The van der Waals surface area contributed by atoms with Crippen molar-refractivity contribution in [2.45, 2.75) is 19.1 Å². The number of hydrogen-bond acceptors (Lipinski definition) is 7. The summed E-state index contributed by atoms with van der Waals surface area (Å²) in [7, 11) is 3.97. The van der Waals surface area contributed by atoms with E-state index in [2.05, 4.69) is 24.8 Å². The van der Waals surface area contributed by atoms with Crippen molar-refractivity contribution in [1.82, 2.24) is 24.8 Å². The molecule has 0 unspecified atom stereocenters. The third kappa shape index (κ3) is 3.81. The lowest BCUT2D eigenvalue weighted by atomic mass is 10.1. The molecule has 0 amide bonds. The second-order valence-electron chi connectivity index (χ2n) is 8.79. The normalized spacial score (nSPS) is 19.1. The fourth-order valence-corrected chi connectivity index (χ4v) is 4.43. The van der Waals surface area contributed by atoms with Crippen molar-refractivity contribution in [2.75, 3.05) is 44.4 Å². The number of likely N-dealkylation sites (N-methyl/N-ethyl adjacent to an activating group) is 1. The summed E-state index contributed by atoms with van der Waals surface area (Å²) >= 11 is 0. The first-order chi connectivity index (χ1) is 15.8. The molecule has 33 heavy (non-hydrogen) atoms. The number of benzene rings is 1. The topological polar surface area (TPSA) is 116 Å². The summed E-state index contributed by atoms with van der Waals surface area (Å²) in [6.07, 6.45) is 3.13. The number of nitrogens with one attached hydrogen (secondary N) is 2. The van der Waals surface area contributed by atoms with Crippen LogP contribution in [0.1, 0.15) is 6.92 Å². The largest absolute Gasteiger partial charge is 0.397 e. The fourth-order valence-electron chi connectivity index (χ4n) is 4.43. The third-order valence-electron chi connectivity index (χ3n) is 6.03. The molecule has 0 saturated carbocycles. The van der Waals surface area contributed by atoms with E-state index in [-0.39, 0.29) is 29.1 Å². The van der Waals surface area contributed by atoms with Gasteiger partial charge in [0.05, 0.1) is 46.8 Å². The Kier molecular flexibility index (Phi) is 5.26. The first-order valence-electron chi connectivity index (χ1n) is 10.8. The molecule has 10 heteroatoms. The highest BCUT2D eigenvalue weighted by atomic mass is 19.1. The van der Waals surface area contributed by atoms with Gasteiger partial charge in [0, 0.05) is 36.8 Å². The third-order valence-corrected chi connectivity index (χ3v) is 6.03. The van der Waals surface area contributed by atoms with Crippen molar-refractivity contribution in [3.8, 4) is 11.4 Å². The van der Waals surface area contributed by atoms with Crippen LogP contribution in [0.2, 0.25) is 0 Å². The molecule has 3 aromatic heterocycles. The Morgan fingerprint density at radius 1 is 1.30 bits per heavy atom. The Labute approximate surface area is 189 Å². The van der Waals surface area contributed by atoms with E-state index >= 15 is 4.39 Å². The maximum atomic E-state index is 15.2. The lowest BCUT2D eigenvalue weighted by molar-refractivity contribution is 0.00859. The van der Waals surface area contributed by atoms with Crippen LogP contribution in [0.4, 0.5) is 15.8 Å². The highest BCUT2D eigenvalue weighted by Crippen LogP contribution is 2.32. The molecule has 2 atom stereocenters. The van der Waals surface area contributed by atoms with Crippen molar-refractivity contribution in [3.05, 3.63) is 46.8 Å². The Balaban J connectivity index is 1.57. The molecule has 0 spiro atoms. The predicted octanol–water partition coefficient (Wildman–Crippen LogP) is 2.34. The van der Waals surface area contributed by atoms with Gasteiger partial charge in [0.1, 0.15) is 17.2 Å². The highest BCUT2D eigenvalue weighted by Gasteiger charge is 2.29. The molecule has 1 aliphatic rings. The first-order valence-corrected chi connectivity index (χ1v) is 10.8. The number of nitrogen functional groups attached to an aromatic ring is 1. The number of imidazole rings is 1. The van der Waals surface area contributed by atoms with Crippen molar-refractivity contribution < 1.29 is 9.13 Å². The molecule has 1 aromatic carbocycles. The van der Waals surface area contributed by atoms with Crippen LogP contribution < -0.4 is 16.2 Å². The molecule has 1 aliphatic heterocycles. The van der Waals surface area contributed by atoms with Crippen molar-refractivity contribution >= 4 is 33.3 Å². The molecular formula is C23H26FN7O2. The number of nitrogens with zero attached hydrogens (tertiary/aromatic N) is 4. The van der Waals surface area contributed by atoms with Gasteiger partial charge in [-0.15, -0.1) is 0 Å². The summed E-state index contributed by atoms with van der Waals surface area (Å²) in [5, 5.41) is 0.668. The van der Waals surface area contributed by atoms with Crippen molar-refractivity contribution in [1.29, 1.82) is 0 Å². The van der Waals surface area contributed by atoms with Gasteiger partial charge >= 0.3 is 0 Å². The molecule has 4 aromatic rings. The van der Waals surface area contributed by atoms with Gasteiger partial charge in [-0.2, -0.15) is 0 Å². The van der Waals surface area contributed by atoms with E-state index in [0.29, 0.717) is 52.3 Å². The molecule has 4 heterocycles. The SMILES string of the molecule is C[C@H]1CO[C@@H](CN(C)C)CN1c1cc2nc(-c3c(N)c4ccncc4[nH]c3=O)[nH]c2cc1F. The second-order valence-corrected chi connectivity index (χ2v) is 8.79. The van der Waals surface area contributed by atoms with Crippen LogP contribution in [0.5, 0.6) is 0 Å². The standard InChI is InChI=1S/C23H26FN7O2/c1-12-11-33-13(9-30(2)3)10-31(12)19-7-17-16(6-15(19)24)27-22(28-17)20-21(25)14-4-5-26-8-18(14)29-23(20)32/h4-8,12-13H,9-11H2,1-3H3,(H,27,28)(H3,25,29,32)/t12-,13-/m0/s1. The van der Waals surface area contributed by atoms with Crippen LogP contribution in [-0.2, 0) is 4.74 Å². The van der Waals surface area contributed by atoms with Crippen molar-refractivity contribution in [3.63, 3.8) is 0 Å². The molecule has 1 fully saturated rings. The van der Waals surface area contributed by atoms with Crippen LogP contribution in [-0.4, -0.2) is 70.8 Å². The molecule has 9 nitrogen and oxygen atoms in total. The molecule has 5 rings (SSSR count). The number of fused-ring (bicyclic) bond motifs is 2. The van der Waals surface area contributed by atoms with Gasteiger partial charge in [0.15, 0.2) is 0 Å². The zero-order valence-electron chi connectivity index (χ0n) is 18.7. The zero-order chi connectivity index (χ0) is 23.3. The lowest BCUT2D eigenvalue weighted by Gasteiger charge is -2.40. The highest BCUT2D eigenvalue weighted by molar-refractivity contribution is 5.97. The minimum Gasteiger partial charge on any atom is -0.397 e. The number of H-pyrrole nitrogens is 2. The number of hydrogen-bond donors (Lipinski definition) is 3. The molecule has 172 valence electrons. The number of aromatic amines is 2. The number of pyridine rings is 2. The summed E-state index contributed by atoms with van der Waals surface area (Å²) in [4.78, 5) is 31.3. The molecule has 4 N–H and O–H groups in total. The Bertz CT molecular complexity index is 1400. The minimum atomic E-state index is -0.388. The quantitative estimate of drug-likeness (QED) is 0.436. The maximum Gasteiger partial charge on any atom is 0.261 e. The van der Waals surface area contributed by atoms with E-state index in [1.807, 2.05) is 25.9 Å². The zero-order valence-corrected chi connectivity index (χ0v) is 18.7. The van der Waals surface area contributed by atoms with Crippen LogP contribution >= 0.6 is 0 Å². The van der Waals surface area contributed by atoms with Gasteiger partial charge in [-0.3, -0.25) is 9.78 Å². The number of anilines is 2. The number of aromatic nitrogens is 4. The van der Waals surface area contributed by atoms with Crippen LogP contribution in [0.15, 0.2) is 35.4 Å². The first kappa shape index (κ1) is 21.4. The average molecular weight is 452 g/mol. The number of nitrogens with two attached hydrogens (primary N) is 1. The molecule has 0 bridgehead atoms. The summed E-state index contributed by atoms with van der Waals surface area (Å²) in [6, 6.07) is 4.88. The van der Waals surface area contributed by atoms with E-state index in [9.17, 15) is 4.79 Å². The van der Waals surface area contributed by atoms with E-state index < -0.39 is 0 Å². The minimum absolute atomic E-state index is 0.0151. The molecule has 0 radical (unpaired) electrons. The summed E-state index contributed by atoms with van der Waals surface area (Å²) in [5.41, 5.74) is 8.50. The van der Waals surface area contributed by atoms with Gasteiger partial charge in [-0.05, 0) is 33.2 Å². The molecular weight excluding hydrogens is 425 g/mol. The van der Waals surface area contributed by atoms with Gasteiger partial charge < -0.3 is 30.2 Å². The van der Waals surface area contributed by atoms with Crippen LogP contribution in [0.3, 0.4) is 0 Å². The maximum absolute atomic E-state index is 15.2. The Morgan fingerprint density at radius 2 is 2.12 bits per heavy atom. The number of morpholine rings is 1. The van der Waals surface area contributed by atoms with Crippen molar-refractivity contribution in [2.24, 2.45) is 0 Å². The van der Waals surface area contributed by atoms with Gasteiger partial charge in [-0.25, -0.2) is 9.37 Å². The molecule has 1 saturated heterocycles. The summed E-state index contributed by atoms with van der Waals surface area (Å²) < 4.78 is 21.1. The van der Waals surface area contributed by atoms with E-state index in [1.165, 1.54) is 6.07 Å². The smallest absolute Gasteiger partial charge is 0.261 e. The van der Waals surface area contributed by atoms with Crippen LogP contribution in [0, 0.1) is 5.82 Å². The Hall–Kier alpha value is -3.50. The van der Waals surface area contributed by atoms with E-state index in [0.717, 1.165) is 6.54 Å². The van der Waals surface area contributed by atoms with Gasteiger partial charge in [-0.1, -0.05) is 0 Å². The van der Waals surface area contributed by atoms with Gasteiger partial charge in [0.2, 0.25) is 0 Å². The monoisotopic (exact) mass is 451 g/mol. The van der Waals surface area contributed by atoms with E-state index in [4.69, 9.17) is 10.5 Å². The summed E-state index contributed by atoms with van der Waals surface area (Å²) in [6.45, 7) is 3.85. The number of rotatable bonds is 4. The fraction of sp³-hybridized carbons (Fsp3) is 0.348. The van der Waals surface area contributed by atoms with Crippen LogP contribution in [0.25, 0.3) is 33.3 Å². The lowest BCUT2D eigenvalue weighted by Crippen LogP contribution is -2.51. The number of ether oxygens (including phenoxy) is 1. The molecule has 0 aliphatic carbocycles. The Morgan fingerprint density at radius 3 is 2.91 bits per heavy atom. The predicted molar refractivity (Wildman–Crippen MR) is 127 cm³/mol. The van der Waals surface area contributed by atoms with E-state index in [1.54, 1.807) is 24.5 Å². The summed E-state index contributed by atoms with van der Waals surface area (Å²) in [5.74, 6) is -0.0685. The number of halogens is 1. The second kappa shape index (κ2) is 8.13. The van der Waals surface area contributed by atoms with Gasteiger partial charge in [0.25, 0.3) is 5.56 Å².